The van der Waals surface area contributed by atoms with Crippen LogP contribution >= 0.6 is 0 Å². The van der Waals surface area contributed by atoms with E-state index >= 15 is 0 Å². The average Bonchev–Trinajstić information content (AvgIpc) is 2.94. The molecule has 1 heteroatoms. The molecule has 0 aromatic carbocycles. The zero-order valence-corrected chi connectivity index (χ0v) is 17.6. The van der Waals surface area contributed by atoms with Crippen LogP contribution in [0.25, 0.3) is 0 Å². The van der Waals surface area contributed by atoms with Crippen molar-refractivity contribution in [3.63, 3.8) is 0 Å². The van der Waals surface area contributed by atoms with E-state index in [1.807, 2.05) is 13.8 Å². The zero-order valence-electron chi connectivity index (χ0n) is 17.6. The zero-order chi connectivity index (χ0) is 18.2. The summed E-state index contributed by atoms with van der Waals surface area (Å²) in [6.07, 6.45) is 14.6. The van der Waals surface area contributed by atoms with Gasteiger partial charge in [-0.2, -0.15) is 0 Å². The Hall–Kier alpha value is -0.330. The second-order valence-corrected chi connectivity index (χ2v) is 9.96. The van der Waals surface area contributed by atoms with Crippen LogP contribution in [0.1, 0.15) is 105 Å². The first-order chi connectivity index (χ1) is 12.0. The Bertz CT molecular complexity index is 482. The number of fused-ring (bicyclic) bond motifs is 5. The van der Waals surface area contributed by atoms with Crippen molar-refractivity contribution in [2.75, 3.05) is 0 Å². The van der Waals surface area contributed by atoms with E-state index < -0.39 is 0 Å². The molecule has 0 saturated heterocycles. The van der Waals surface area contributed by atoms with Crippen LogP contribution in [-0.4, -0.2) is 5.78 Å². The lowest BCUT2D eigenvalue weighted by Gasteiger charge is -2.59. The standard InChI is InChI=1S/C22H36O.C2H6/c1-4-7-15-9-10-17-16-14-20(23)19-8-5-6-12-22(19,3)18(16)11-13-21(15,17)2;1-2/h15-19H,4-14H2,1-3H3;1-2H3. The van der Waals surface area contributed by atoms with E-state index in [4.69, 9.17) is 0 Å². The number of rotatable bonds is 2. The quantitative estimate of drug-likeness (QED) is 0.524. The molecular formula is C24H42O. The molecule has 4 saturated carbocycles. The highest BCUT2D eigenvalue weighted by atomic mass is 16.1. The molecule has 144 valence electrons. The van der Waals surface area contributed by atoms with Crippen LogP contribution in [0.4, 0.5) is 0 Å². The Morgan fingerprint density at radius 1 is 0.920 bits per heavy atom. The smallest absolute Gasteiger partial charge is 0.136 e. The molecule has 0 radical (unpaired) electrons. The van der Waals surface area contributed by atoms with Crippen LogP contribution in [0.5, 0.6) is 0 Å². The lowest BCUT2D eigenvalue weighted by molar-refractivity contribution is -0.153. The van der Waals surface area contributed by atoms with Gasteiger partial charge >= 0.3 is 0 Å². The number of hydrogen-bond acceptors (Lipinski definition) is 1. The first kappa shape index (κ1) is 19.4. The summed E-state index contributed by atoms with van der Waals surface area (Å²) in [5.41, 5.74) is 0.901. The second-order valence-electron chi connectivity index (χ2n) is 9.96. The second kappa shape index (κ2) is 7.35. The maximum atomic E-state index is 13.0. The maximum absolute atomic E-state index is 13.0. The SMILES string of the molecule is CC.CCCC1CCC2C3CC(=O)C4CCCCC4(C)C3CCC12C. The van der Waals surface area contributed by atoms with Crippen molar-refractivity contribution >= 4 is 5.78 Å². The largest absolute Gasteiger partial charge is 0.299 e. The highest BCUT2D eigenvalue weighted by Crippen LogP contribution is 2.67. The van der Waals surface area contributed by atoms with Crippen molar-refractivity contribution in [1.82, 2.24) is 0 Å². The molecular weight excluding hydrogens is 304 g/mol. The van der Waals surface area contributed by atoms with Crippen LogP contribution in [-0.2, 0) is 4.79 Å². The van der Waals surface area contributed by atoms with Gasteiger partial charge in [-0.05, 0) is 73.0 Å². The maximum Gasteiger partial charge on any atom is 0.136 e. The van der Waals surface area contributed by atoms with Gasteiger partial charge in [0.25, 0.3) is 0 Å². The summed E-state index contributed by atoms with van der Waals surface area (Å²) in [6.45, 7) is 11.5. The van der Waals surface area contributed by atoms with Crippen molar-refractivity contribution in [2.24, 2.45) is 40.4 Å². The summed E-state index contributed by atoms with van der Waals surface area (Å²) in [7, 11) is 0. The van der Waals surface area contributed by atoms with E-state index in [-0.39, 0.29) is 0 Å². The summed E-state index contributed by atoms with van der Waals surface area (Å²) in [6, 6.07) is 0. The van der Waals surface area contributed by atoms with E-state index in [1.165, 1.54) is 64.2 Å². The molecule has 4 rings (SSSR count). The highest BCUT2D eigenvalue weighted by molar-refractivity contribution is 5.83. The Morgan fingerprint density at radius 2 is 1.64 bits per heavy atom. The summed E-state index contributed by atoms with van der Waals surface area (Å²) in [5.74, 6) is 4.42. The topological polar surface area (TPSA) is 17.1 Å². The fraction of sp³-hybridized carbons (Fsp3) is 0.958. The fourth-order valence-electron chi connectivity index (χ4n) is 8.03. The molecule has 25 heavy (non-hydrogen) atoms. The number of carbonyl (C=O) groups is 1. The Balaban J connectivity index is 0.000000880. The predicted octanol–water partition coefficient (Wildman–Crippen LogP) is 7.04. The van der Waals surface area contributed by atoms with Crippen LogP contribution in [0, 0.1) is 40.4 Å². The first-order valence-corrected chi connectivity index (χ1v) is 11.5. The molecule has 0 aromatic rings. The van der Waals surface area contributed by atoms with Crippen LogP contribution < -0.4 is 0 Å². The molecule has 0 amide bonds. The number of carbonyl (C=O) groups excluding carboxylic acids is 1. The Morgan fingerprint density at radius 3 is 2.36 bits per heavy atom. The van der Waals surface area contributed by atoms with Crippen molar-refractivity contribution in [2.45, 2.75) is 105 Å². The minimum atomic E-state index is 0.350. The van der Waals surface area contributed by atoms with Gasteiger partial charge in [-0.25, -0.2) is 0 Å². The van der Waals surface area contributed by atoms with Gasteiger partial charge < -0.3 is 0 Å². The number of Topliss-reactive ketones (excluding diaryl/α,β-unsaturated/α-hetero) is 1. The fourth-order valence-corrected chi connectivity index (χ4v) is 8.03. The van der Waals surface area contributed by atoms with Crippen molar-refractivity contribution < 1.29 is 4.79 Å². The van der Waals surface area contributed by atoms with Crippen molar-refractivity contribution in [3.05, 3.63) is 0 Å². The molecule has 0 N–H and O–H groups in total. The molecule has 7 atom stereocenters. The highest BCUT2D eigenvalue weighted by Gasteiger charge is 2.61. The van der Waals surface area contributed by atoms with Crippen LogP contribution in [0.2, 0.25) is 0 Å². The van der Waals surface area contributed by atoms with Crippen LogP contribution in [0.15, 0.2) is 0 Å². The summed E-state index contributed by atoms with van der Waals surface area (Å²) < 4.78 is 0. The van der Waals surface area contributed by atoms with Gasteiger partial charge in [0.1, 0.15) is 5.78 Å². The first-order valence-electron chi connectivity index (χ1n) is 11.5. The molecule has 4 fully saturated rings. The molecule has 1 nitrogen and oxygen atoms in total. The van der Waals surface area contributed by atoms with E-state index in [9.17, 15) is 4.79 Å². The minimum absolute atomic E-state index is 0.350. The van der Waals surface area contributed by atoms with E-state index in [0.717, 1.165) is 30.1 Å². The molecule has 0 bridgehead atoms. The van der Waals surface area contributed by atoms with Gasteiger partial charge in [-0.1, -0.05) is 60.3 Å². The molecule has 0 aliphatic heterocycles. The number of hydrogen-bond donors (Lipinski definition) is 0. The number of ketones is 1. The molecule has 0 aromatic heterocycles. The normalized spacial score (nSPS) is 48.7. The molecule has 4 aliphatic rings. The lowest BCUT2D eigenvalue weighted by Crippen LogP contribution is -2.55. The Labute approximate surface area is 156 Å². The van der Waals surface area contributed by atoms with Crippen molar-refractivity contribution in [1.29, 1.82) is 0 Å². The predicted molar refractivity (Wildman–Crippen MR) is 106 cm³/mol. The van der Waals surface area contributed by atoms with E-state index in [2.05, 4.69) is 20.8 Å². The van der Waals surface area contributed by atoms with Gasteiger partial charge in [-0.15, -0.1) is 0 Å². The molecule has 0 heterocycles. The molecule has 7 unspecified atom stereocenters. The van der Waals surface area contributed by atoms with Crippen molar-refractivity contribution in [3.8, 4) is 0 Å². The third kappa shape index (κ3) is 2.92. The third-order valence-electron chi connectivity index (χ3n) is 9.20. The van der Waals surface area contributed by atoms with Crippen LogP contribution in [0.3, 0.4) is 0 Å². The third-order valence-corrected chi connectivity index (χ3v) is 9.20. The molecule has 0 spiro atoms. The Kier molecular flexibility index (Phi) is 5.72. The summed E-state index contributed by atoms with van der Waals surface area (Å²) in [5, 5.41) is 0. The molecule has 4 aliphatic carbocycles. The van der Waals surface area contributed by atoms with E-state index in [1.54, 1.807) is 0 Å². The summed E-state index contributed by atoms with van der Waals surface area (Å²) >= 11 is 0. The van der Waals surface area contributed by atoms with Gasteiger partial charge in [0.15, 0.2) is 0 Å². The van der Waals surface area contributed by atoms with E-state index in [0.29, 0.717) is 22.5 Å². The summed E-state index contributed by atoms with van der Waals surface area (Å²) in [4.78, 5) is 13.0. The lowest BCUT2D eigenvalue weighted by atomic mass is 9.44. The average molecular weight is 347 g/mol. The monoisotopic (exact) mass is 346 g/mol. The van der Waals surface area contributed by atoms with Gasteiger partial charge in [-0.3, -0.25) is 4.79 Å². The van der Waals surface area contributed by atoms with Gasteiger partial charge in [0.2, 0.25) is 0 Å². The minimum Gasteiger partial charge on any atom is -0.299 e. The van der Waals surface area contributed by atoms with Gasteiger partial charge in [0, 0.05) is 12.3 Å². The van der Waals surface area contributed by atoms with Gasteiger partial charge in [0.05, 0.1) is 0 Å².